The molecule has 2 aromatic rings. The summed E-state index contributed by atoms with van der Waals surface area (Å²) in [7, 11) is 0. The van der Waals surface area contributed by atoms with Gasteiger partial charge >= 0.3 is 0 Å². The Morgan fingerprint density at radius 2 is 2.00 bits per heavy atom. The summed E-state index contributed by atoms with van der Waals surface area (Å²) in [5, 5.41) is 10.4. The highest BCUT2D eigenvalue weighted by Gasteiger charge is 2.34. The lowest BCUT2D eigenvalue weighted by molar-refractivity contribution is 0.192. The summed E-state index contributed by atoms with van der Waals surface area (Å²) in [5.74, 6) is 0.429. The van der Waals surface area contributed by atoms with Crippen molar-refractivity contribution >= 4 is 0 Å². The van der Waals surface area contributed by atoms with Crippen LogP contribution in [-0.4, -0.2) is 23.1 Å². The summed E-state index contributed by atoms with van der Waals surface area (Å²) in [6, 6.07) is 12.9. The predicted octanol–water partition coefficient (Wildman–Crippen LogP) is 3.53. The molecule has 2 aromatic carbocycles. The van der Waals surface area contributed by atoms with Gasteiger partial charge in [0.25, 0.3) is 0 Å². The van der Waals surface area contributed by atoms with Crippen LogP contribution in [0.5, 0.6) is 5.75 Å². The van der Waals surface area contributed by atoms with Gasteiger partial charge in [-0.2, -0.15) is 0 Å². The van der Waals surface area contributed by atoms with Crippen LogP contribution in [0.15, 0.2) is 36.4 Å². The smallest absolute Gasteiger partial charge is 0.123 e. The lowest BCUT2D eigenvalue weighted by atomic mass is 9.77. The van der Waals surface area contributed by atoms with Crippen LogP contribution < -0.4 is 0 Å². The lowest BCUT2D eigenvalue weighted by Crippen LogP contribution is -2.38. The highest BCUT2D eigenvalue weighted by Crippen LogP contribution is 2.48. The number of phenolic OH excluding ortho intramolecular Hbond substituents is 1. The zero-order valence-corrected chi connectivity index (χ0v) is 11.8. The molecule has 0 bridgehead atoms. The molecule has 2 aliphatic rings. The van der Waals surface area contributed by atoms with Gasteiger partial charge in [0.2, 0.25) is 0 Å². The van der Waals surface area contributed by atoms with Gasteiger partial charge in [-0.15, -0.1) is 0 Å². The third-order valence-electron chi connectivity index (χ3n) is 4.86. The van der Waals surface area contributed by atoms with Crippen LogP contribution in [-0.2, 0) is 12.8 Å². The van der Waals surface area contributed by atoms with Crippen molar-refractivity contribution in [1.29, 1.82) is 0 Å². The van der Waals surface area contributed by atoms with Crippen molar-refractivity contribution in [2.45, 2.75) is 25.8 Å². The maximum atomic E-state index is 10.4. The Morgan fingerprint density at radius 1 is 1.15 bits per heavy atom. The molecule has 0 saturated heterocycles. The van der Waals surface area contributed by atoms with E-state index in [0.29, 0.717) is 11.8 Å². The normalized spacial score (nSPS) is 20.4. The molecule has 4 rings (SSSR count). The van der Waals surface area contributed by atoms with Crippen LogP contribution in [0.25, 0.3) is 11.1 Å². The zero-order chi connectivity index (χ0) is 13.7. The van der Waals surface area contributed by atoms with Crippen LogP contribution in [0.2, 0.25) is 0 Å². The second-order valence-electron chi connectivity index (χ2n) is 5.79. The summed E-state index contributed by atoms with van der Waals surface area (Å²) in [6.45, 7) is 4.43. The van der Waals surface area contributed by atoms with Crippen LogP contribution in [0.3, 0.4) is 0 Å². The molecule has 0 unspecified atom stereocenters. The maximum absolute atomic E-state index is 10.4. The third kappa shape index (κ3) is 1.55. The molecule has 20 heavy (non-hydrogen) atoms. The van der Waals surface area contributed by atoms with Gasteiger partial charge in [-0.25, -0.2) is 0 Å². The van der Waals surface area contributed by atoms with Crippen molar-refractivity contribution in [2.24, 2.45) is 0 Å². The Labute approximate surface area is 119 Å². The first-order valence-corrected chi connectivity index (χ1v) is 7.46. The summed E-state index contributed by atoms with van der Waals surface area (Å²) >= 11 is 0. The summed E-state index contributed by atoms with van der Waals surface area (Å²) in [4.78, 5) is 2.54. The molecular formula is C18H19NO. The number of aromatic hydroxyl groups is 1. The van der Waals surface area contributed by atoms with Crippen LogP contribution in [0, 0.1) is 0 Å². The van der Waals surface area contributed by atoms with E-state index in [2.05, 4.69) is 42.2 Å². The van der Waals surface area contributed by atoms with Crippen LogP contribution >= 0.6 is 0 Å². The quantitative estimate of drug-likeness (QED) is 0.852. The fourth-order valence-electron chi connectivity index (χ4n) is 3.90. The minimum atomic E-state index is 0.429. The van der Waals surface area contributed by atoms with Crippen molar-refractivity contribution in [3.63, 3.8) is 0 Å². The van der Waals surface area contributed by atoms with Gasteiger partial charge in [-0.1, -0.05) is 37.3 Å². The Hall–Kier alpha value is -1.80. The standard InChI is InChI=1S/C18H19NO/c1-2-19-10-9-12-7-8-16(20)18-14-6-4-3-5-13(14)11-15(19)17(12)18/h3-8,15,20H,2,9-11H2,1H3/t15-/m1/s1. The zero-order valence-electron chi connectivity index (χ0n) is 11.8. The SMILES string of the molecule is CCN1CCc2ccc(O)c3c2[C@H]1Cc1ccccc1-3. The van der Waals surface area contributed by atoms with Crippen molar-refractivity contribution < 1.29 is 5.11 Å². The first-order chi connectivity index (χ1) is 9.79. The van der Waals surface area contributed by atoms with E-state index in [1.807, 2.05) is 6.07 Å². The summed E-state index contributed by atoms with van der Waals surface area (Å²) in [5.41, 5.74) is 6.44. The van der Waals surface area contributed by atoms with Gasteiger partial charge in [0.15, 0.2) is 0 Å². The number of phenols is 1. The van der Waals surface area contributed by atoms with Crippen LogP contribution in [0.4, 0.5) is 0 Å². The molecule has 1 N–H and O–H groups in total. The minimum Gasteiger partial charge on any atom is -0.507 e. The molecule has 1 atom stereocenters. The van der Waals surface area contributed by atoms with E-state index < -0.39 is 0 Å². The van der Waals surface area contributed by atoms with Crippen molar-refractivity contribution in [3.05, 3.63) is 53.1 Å². The molecule has 0 spiro atoms. The topological polar surface area (TPSA) is 23.5 Å². The van der Waals surface area contributed by atoms with E-state index in [0.717, 1.165) is 31.5 Å². The number of rotatable bonds is 1. The minimum absolute atomic E-state index is 0.429. The van der Waals surface area contributed by atoms with E-state index in [4.69, 9.17) is 0 Å². The van der Waals surface area contributed by atoms with Gasteiger partial charge in [-0.05, 0) is 47.7 Å². The first-order valence-electron chi connectivity index (χ1n) is 7.46. The molecule has 2 heteroatoms. The van der Waals surface area contributed by atoms with E-state index >= 15 is 0 Å². The van der Waals surface area contributed by atoms with Gasteiger partial charge in [0.1, 0.15) is 5.75 Å². The highest BCUT2D eigenvalue weighted by molar-refractivity contribution is 5.80. The molecule has 1 heterocycles. The number of hydrogen-bond donors (Lipinski definition) is 1. The maximum Gasteiger partial charge on any atom is 0.123 e. The second kappa shape index (κ2) is 4.35. The fraction of sp³-hybridized carbons (Fsp3) is 0.333. The Kier molecular flexibility index (Phi) is 2.61. The molecule has 1 aliphatic carbocycles. The molecule has 102 valence electrons. The van der Waals surface area contributed by atoms with Crippen molar-refractivity contribution in [1.82, 2.24) is 4.90 Å². The predicted molar refractivity (Wildman–Crippen MR) is 80.9 cm³/mol. The largest absolute Gasteiger partial charge is 0.507 e. The molecule has 1 aliphatic heterocycles. The molecule has 0 radical (unpaired) electrons. The molecule has 0 aromatic heterocycles. The number of fused-ring (bicyclic) bond motifs is 2. The molecule has 2 nitrogen and oxygen atoms in total. The Bertz CT molecular complexity index is 677. The summed E-state index contributed by atoms with van der Waals surface area (Å²) < 4.78 is 0. The lowest BCUT2D eigenvalue weighted by Gasteiger charge is -2.41. The van der Waals surface area contributed by atoms with E-state index in [-0.39, 0.29) is 0 Å². The summed E-state index contributed by atoms with van der Waals surface area (Å²) in [6.07, 6.45) is 2.16. The number of likely N-dealkylation sites (N-methyl/N-ethyl adjacent to an activating group) is 1. The average molecular weight is 265 g/mol. The Morgan fingerprint density at radius 3 is 2.85 bits per heavy atom. The Balaban J connectivity index is 2.02. The van der Waals surface area contributed by atoms with Crippen LogP contribution in [0.1, 0.15) is 29.7 Å². The van der Waals surface area contributed by atoms with E-state index in [1.165, 1.54) is 22.3 Å². The second-order valence-corrected chi connectivity index (χ2v) is 5.79. The third-order valence-corrected chi connectivity index (χ3v) is 4.86. The van der Waals surface area contributed by atoms with Gasteiger partial charge in [0, 0.05) is 18.2 Å². The van der Waals surface area contributed by atoms with E-state index in [9.17, 15) is 5.11 Å². The fourth-order valence-corrected chi connectivity index (χ4v) is 3.90. The van der Waals surface area contributed by atoms with Crippen molar-refractivity contribution in [3.8, 4) is 16.9 Å². The van der Waals surface area contributed by atoms with Crippen molar-refractivity contribution in [2.75, 3.05) is 13.1 Å². The number of hydrogen-bond acceptors (Lipinski definition) is 2. The van der Waals surface area contributed by atoms with E-state index in [1.54, 1.807) is 0 Å². The van der Waals surface area contributed by atoms with Gasteiger partial charge in [0.05, 0.1) is 0 Å². The number of nitrogens with zero attached hydrogens (tertiary/aromatic N) is 1. The molecular weight excluding hydrogens is 246 g/mol. The average Bonchev–Trinajstić information content (AvgIpc) is 2.49. The van der Waals surface area contributed by atoms with Gasteiger partial charge < -0.3 is 5.11 Å². The monoisotopic (exact) mass is 265 g/mol. The van der Waals surface area contributed by atoms with Gasteiger partial charge in [-0.3, -0.25) is 4.90 Å². The molecule has 0 saturated carbocycles. The molecule has 0 fully saturated rings. The molecule has 0 amide bonds. The first kappa shape index (κ1) is 12.0. The number of benzene rings is 2. The highest BCUT2D eigenvalue weighted by atomic mass is 16.3.